The fraction of sp³-hybridized carbons (Fsp3) is 0.625. The molecule has 0 aliphatic rings. The number of nitrogens with zero attached hydrogens (tertiary/aromatic N) is 1. The van der Waals surface area contributed by atoms with E-state index in [1.807, 2.05) is 19.9 Å². The summed E-state index contributed by atoms with van der Waals surface area (Å²) in [5, 5.41) is 7.89. The van der Waals surface area contributed by atoms with E-state index >= 15 is 0 Å². The average Bonchev–Trinajstić information content (AvgIpc) is 2.02. The first kappa shape index (κ1) is 14.0. The zero-order valence-electron chi connectivity index (χ0n) is 8.16. The second-order valence-corrected chi connectivity index (χ2v) is 2.43. The van der Waals surface area contributed by atoms with E-state index in [1.54, 1.807) is 0 Å². The van der Waals surface area contributed by atoms with E-state index in [1.165, 1.54) is 0 Å². The van der Waals surface area contributed by atoms with Crippen LogP contribution in [0.1, 0.15) is 27.7 Å². The van der Waals surface area contributed by atoms with E-state index in [-0.39, 0.29) is 5.92 Å². The minimum Gasteiger partial charge on any atom is -0.248 e. The van der Waals surface area contributed by atoms with Gasteiger partial charge in [0, 0.05) is 19.8 Å². The largest absolute Gasteiger partial charge is 0.352 e. The summed E-state index contributed by atoms with van der Waals surface area (Å²) in [6.45, 7) is 6.01. The molecule has 0 N–H and O–H groups in total. The van der Waals surface area contributed by atoms with Crippen LogP contribution in [0.4, 0.5) is 0 Å². The van der Waals surface area contributed by atoms with E-state index in [0.29, 0.717) is 0 Å². The van der Waals surface area contributed by atoms with Gasteiger partial charge in [0.25, 0.3) is 0 Å². The predicted octanol–water partition coefficient (Wildman–Crippen LogP) is 1.19. The summed E-state index contributed by atoms with van der Waals surface area (Å²) in [6.07, 6.45) is 0. The zero-order chi connectivity index (χ0) is 10.9. The van der Waals surface area contributed by atoms with Crippen LogP contribution in [0.25, 0.3) is 0 Å². The molecule has 0 aliphatic heterocycles. The molecule has 74 valence electrons. The molecule has 0 rings (SSSR count). The molecule has 0 heterocycles. The smallest absolute Gasteiger partial charge is 0.248 e. The van der Waals surface area contributed by atoms with Crippen molar-refractivity contribution in [1.82, 2.24) is 0 Å². The lowest BCUT2D eigenvalue weighted by molar-refractivity contribution is -0.255. The molecule has 0 fully saturated rings. The van der Waals surface area contributed by atoms with Gasteiger partial charge in [-0.1, -0.05) is 0 Å². The van der Waals surface area contributed by atoms with Gasteiger partial charge in [-0.05, 0) is 13.8 Å². The Morgan fingerprint density at radius 1 is 1.15 bits per heavy atom. The Balaban J connectivity index is 0. The molecule has 0 unspecified atom stereocenters. The van der Waals surface area contributed by atoms with Gasteiger partial charge in [0.1, 0.15) is 0 Å². The topological polar surface area (TPSA) is 76.4 Å². The molecule has 0 bridgehead atoms. The molecule has 0 atom stereocenters. The van der Waals surface area contributed by atoms with Crippen molar-refractivity contribution in [3.05, 3.63) is 0 Å². The highest BCUT2D eigenvalue weighted by Gasteiger charge is 1.95. The van der Waals surface area contributed by atoms with Crippen LogP contribution in [0.15, 0.2) is 0 Å². The maximum absolute atomic E-state index is 9.85. The summed E-state index contributed by atoms with van der Waals surface area (Å²) in [6, 6.07) is 2.03. The maximum Gasteiger partial charge on any atom is 0.352 e. The molecule has 0 aliphatic carbocycles. The lowest BCUT2D eigenvalue weighted by atomic mass is 10.3. The monoisotopic (exact) mass is 187 g/mol. The Morgan fingerprint density at radius 2 is 1.38 bits per heavy atom. The lowest BCUT2D eigenvalue weighted by Crippen LogP contribution is -2.03. The quantitative estimate of drug-likeness (QED) is 0.420. The molecule has 0 radical (unpaired) electrons. The maximum atomic E-state index is 9.85. The molecular weight excluding hydrogens is 174 g/mol. The molecule has 0 aromatic carbocycles. The molecule has 0 amide bonds. The minimum absolute atomic E-state index is 0.190. The molecule has 5 nitrogen and oxygen atoms in total. The second-order valence-electron chi connectivity index (χ2n) is 2.43. The first-order valence-corrected chi connectivity index (χ1v) is 3.65. The van der Waals surface area contributed by atoms with E-state index in [4.69, 9.17) is 5.26 Å². The highest BCUT2D eigenvalue weighted by molar-refractivity contribution is 5.69. The van der Waals surface area contributed by atoms with Crippen LogP contribution < -0.4 is 0 Å². The predicted molar refractivity (Wildman–Crippen MR) is 44.0 cm³/mol. The highest BCUT2D eigenvalue weighted by atomic mass is 17.2. The van der Waals surface area contributed by atoms with Crippen LogP contribution in [-0.2, 0) is 19.4 Å². The van der Waals surface area contributed by atoms with Gasteiger partial charge in [-0.3, -0.25) is 0 Å². The Labute approximate surface area is 77.2 Å². The van der Waals surface area contributed by atoms with Gasteiger partial charge < -0.3 is 0 Å². The van der Waals surface area contributed by atoms with E-state index in [9.17, 15) is 9.59 Å². The van der Waals surface area contributed by atoms with Crippen LogP contribution in [0.5, 0.6) is 0 Å². The Morgan fingerprint density at radius 3 is 1.46 bits per heavy atom. The molecule has 5 heteroatoms. The SMILES string of the molecule is CC(=O)OOC(C)=O.CC(C)C#N. The van der Waals surface area contributed by atoms with E-state index in [2.05, 4.69) is 9.78 Å². The summed E-state index contributed by atoms with van der Waals surface area (Å²) in [5.74, 6) is -1.09. The minimum atomic E-state index is -0.639. The number of rotatable bonds is 0. The number of hydrogen-bond donors (Lipinski definition) is 0. The number of hydrogen-bond acceptors (Lipinski definition) is 5. The fourth-order valence-electron chi connectivity index (χ4n) is 0.117. The molecule has 13 heavy (non-hydrogen) atoms. The van der Waals surface area contributed by atoms with Gasteiger partial charge in [-0.2, -0.15) is 5.26 Å². The number of carbonyl (C=O) groups is 2. The van der Waals surface area contributed by atoms with Gasteiger partial charge >= 0.3 is 11.9 Å². The molecule has 0 aromatic heterocycles. The van der Waals surface area contributed by atoms with Crippen molar-refractivity contribution >= 4 is 11.9 Å². The third-order valence-corrected chi connectivity index (χ3v) is 0.535. The van der Waals surface area contributed by atoms with E-state index < -0.39 is 11.9 Å². The molecule has 0 spiro atoms. The van der Waals surface area contributed by atoms with Gasteiger partial charge in [0.05, 0.1) is 6.07 Å². The van der Waals surface area contributed by atoms with Crippen molar-refractivity contribution in [3.63, 3.8) is 0 Å². The van der Waals surface area contributed by atoms with Crippen molar-refractivity contribution in [2.24, 2.45) is 5.92 Å². The van der Waals surface area contributed by atoms with Crippen molar-refractivity contribution in [3.8, 4) is 6.07 Å². The summed E-state index contributed by atoms with van der Waals surface area (Å²) in [5.41, 5.74) is 0. The van der Waals surface area contributed by atoms with Crippen molar-refractivity contribution in [2.45, 2.75) is 27.7 Å². The number of nitriles is 1. The first-order chi connectivity index (χ1) is 5.90. The normalized spacial score (nSPS) is 7.69. The van der Waals surface area contributed by atoms with Gasteiger partial charge in [0.15, 0.2) is 0 Å². The summed E-state index contributed by atoms with van der Waals surface area (Å²) in [7, 11) is 0. The van der Waals surface area contributed by atoms with Gasteiger partial charge in [0.2, 0.25) is 0 Å². The van der Waals surface area contributed by atoms with E-state index in [0.717, 1.165) is 13.8 Å². The van der Waals surface area contributed by atoms with Crippen LogP contribution in [0.2, 0.25) is 0 Å². The second kappa shape index (κ2) is 8.53. The zero-order valence-corrected chi connectivity index (χ0v) is 8.16. The average molecular weight is 187 g/mol. The molecule has 0 saturated carbocycles. The first-order valence-electron chi connectivity index (χ1n) is 3.65. The summed E-state index contributed by atoms with van der Waals surface area (Å²) < 4.78 is 0. The molecule has 0 saturated heterocycles. The Kier molecular flexibility index (Phi) is 9.17. The third kappa shape index (κ3) is 25.1. The molecular formula is C8H13NO4. The highest BCUT2D eigenvalue weighted by Crippen LogP contribution is 1.82. The van der Waals surface area contributed by atoms with Crippen molar-refractivity contribution < 1.29 is 19.4 Å². The van der Waals surface area contributed by atoms with Gasteiger partial charge in [-0.25, -0.2) is 19.4 Å². The third-order valence-electron chi connectivity index (χ3n) is 0.535. The lowest BCUT2D eigenvalue weighted by Gasteiger charge is -1.93. The fourth-order valence-corrected chi connectivity index (χ4v) is 0.117. The van der Waals surface area contributed by atoms with Crippen molar-refractivity contribution in [1.29, 1.82) is 5.26 Å². The van der Waals surface area contributed by atoms with Crippen LogP contribution in [-0.4, -0.2) is 11.9 Å². The van der Waals surface area contributed by atoms with Crippen LogP contribution in [0, 0.1) is 17.2 Å². The number of carbonyl (C=O) groups excluding carboxylic acids is 2. The Hall–Kier alpha value is -1.57. The van der Waals surface area contributed by atoms with Gasteiger partial charge in [-0.15, -0.1) is 0 Å². The summed E-state index contributed by atoms with van der Waals surface area (Å²) >= 11 is 0. The standard InChI is InChI=1S/C4H7N.C4H6O4/c1-4(2)3-5;1-3(5)7-8-4(2)6/h4H,1-2H3;1-2H3. The van der Waals surface area contributed by atoms with Crippen molar-refractivity contribution in [2.75, 3.05) is 0 Å². The molecule has 0 aromatic rings. The van der Waals surface area contributed by atoms with Crippen LogP contribution >= 0.6 is 0 Å². The Bertz CT molecular complexity index is 191. The van der Waals surface area contributed by atoms with Crippen LogP contribution in [0.3, 0.4) is 0 Å². The summed E-state index contributed by atoms with van der Waals surface area (Å²) in [4.78, 5) is 27.3.